The van der Waals surface area contributed by atoms with Crippen LogP contribution in [-0.2, 0) is 11.2 Å². The molecule has 0 saturated heterocycles. The number of carbonyl (C=O) groups excluding carboxylic acids is 1. The van der Waals surface area contributed by atoms with E-state index in [0.29, 0.717) is 16.9 Å². The van der Waals surface area contributed by atoms with E-state index < -0.39 is 11.6 Å². The summed E-state index contributed by atoms with van der Waals surface area (Å²) in [5, 5.41) is 0. The van der Waals surface area contributed by atoms with Gasteiger partial charge in [0.25, 0.3) is 0 Å². The Morgan fingerprint density at radius 2 is 2.06 bits per heavy atom. The number of rotatable bonds is 5. The molecule has 1 unspecified atom stereocenters. The third kappa shape index (κ3) is 4.72. The monoisotopic (exact) mass is 319 g/mol. The van der Waals surface area contributed by atoms with Gasteiger partial charge in [0, 0.05) is 18.4 Å². The summed E-state index contributed by atoms with van der Waals surface area (Å²) in [5.74, 6) is -1.92. The van der Waals surface area contributed by atoms with Crippen LogP contribution < -0.4 is 0 Å². The molecule has 0 saturated carbocycles. The highest BCUT2D eigenvalue weighted by atomic mass is 79.9. The molecule has 1 atom stereocenters. The smallest absolute Gasteiger partial charge is 0.226 e. The number of hydrogen-bond acceptors (Lipinski definition) is 1. The fraction of sp³-hybridized carbons (Fsp3) is 0.462. The molecule has 100 valence electrons. The van der Waals surface area contributed by atoms with Gasteiger partial charge in [-0.1, -0.05) is 28.9 Å². The molecule has 1 amide bonds. The molecule has 0 radical (unpaired) electrons. The Balaban J connectivity index is 2.55. The molecule has 2 nitrogen and oxygen atoms in total. The first-order valence-corrected chi connectivity index (χ1v) is 6.63. The number of carbonyl (C=O) groups is 1. The van der Waals surface area contributed by atoms with Crippen molar-refractivity contribution in [3.05, 3.63) is 35.4 Å². The lowest BCUT2D eigenvalue weighted by Gasteiger charge is -2.18. The number of nitrogens with zero attached hydrogens (tertiary/aromatic N) is 1. The first kappa shape index (κ1) is 15.1. The predicted molar refractivity (Wildman–Crippen MR) is 70.7 cm³/mol. The summed E-state index contributed by atoms with van der Waals surface area (Å²) in [4.78, 5) is 13.8. The van der Waals surface area contributed by atoms with E-state index in [4.69, 9.17) is 0 Å². The van der Waals surface area contributed by atoms with E-state index in [1.54, 1.807) is 11.9 Å². The molecule has 0 N–H and O–H groups in total. The van der Waals surface area contributed by atoms with Crippen molar-refractivity contribution >= 4 is 21.8 Å². The standard InChI is InChI=1S/C13H16BrF2NO/c1-9(14)5-6-17(2)13(18)8-10-3-4-11(15)12(16)7-10/h3-4,7,9H,5-6,8H2,1-2H3. The van der Waals surface area contributed by atoms with Gasteiger partial charge in [0.1, 0.15) is 0 Å². The van der Waals surface area contributed by atoms with Crippen LogP contribution in [0, 0.1) is 11.6 Å². The quantitative estimate of drug-likeness (QED) is 0.763. The summed E-state index contributed by atoms with van der Waals surface area (Å²) in [6.45, 7) is 2.64. The predicted octanol–water partition coefficient (Wildman–Crippen LogP) is 3.14. The molecule has 0 heterocycles. The summed E-state index contributed by atoms with van der Waals surface area (Å²) in [6, 6.07) is 3.53. The van der Waals surface area contributed by atoms with Crippen LogP contribution in [0.15, 0.2) is 18.2 Å². The van der Waals surface area contributed by atoms with E-state index in [2.05, 4.69) is 15.9 Å². The van der Waals surface area contributed by atoms with Gasteiger partial charge in [0.15, 0.2) is 11.6 Å². The van der Waals surface area contributed by atoms with E-state index in [0.717, 1.165) is 18.6 Å². The Morgan fingerprint density at radius 1 is 1.39 bits per heavy atom. The van der Waals surface area contributed by atoms with Crippen LogP contribution in [0.1, 0.15) is 18.9 Å². The highest BCUT2D eigenvalue weighted by Crippen LogP contribution is 2.11. The number of benzene rings is 1. The van der Waals surface area contributed by atoms with Crippen LogP contribution in [0.3, 0.4) is 0 Å². The van der Waals surface area contributed by atoms with Crippen LogP contribution >= 0.6 is 15.9 Å². The largest absolute Gasteiger partial charge is 0.345 e. The van der Waals surface area contributed by atoms with Crippen LogP contribution in [0.5, 0.6) is 0 Å². The molecular formula is C13H16BrF2NO. The van der Waals surface area contributed by atoms with Gasteiger partial charge in [-0.2, -0.15) is 0 Å². The molecule has 0 aliphatic rings. The van der Waals surface area contributed by atoms with Crippen molar-refractivity contribution in [3.8, 4) is 0 Å². The van der Waals surface area contributed by atoms with Crippen LogP contribution in [0.25, 0.3) is 0 Å². The topological polar surface area (TPSA) is 20.3 Å². The average molecular weight is 320 g/mol. The molecular weight excluding hydrogens is 304 g/mol. The lowest BCUT2D eigenvalue weighted by atomic mass is 10.1. The second-order valence-electron chi connectivity index (χ2n) is 4.31. The van der Waals surface area contributed by atoms with Crippen LogP contribution in [0.2, 0.25) is 0 Å². The fourth-order valence-electron chi connectivity index (χ4n) is 1.46. The third-order valence-electron chi connectivity index (χ3n) is 2.63. The highest BCUT2D eigenvalue weighted by molar-refractivity contribution is 9.09. The number of amides is 1. The van der Waals surface area contributed by atoms with E-state index in [9.17, 15) is 13.6 Å². The zero-order valence-electron chi connectivity index (χ0n) is 10.4. The molecule has 0 aromatic heterocycles. The molecule has 18 heavy (non-hydrogen) atoms. The van der Waals surface area contributed by atoms with Crippen molar-refractivity contribution < 1.29 is 13.6 Å². The summed E-state index contributed by atoms with van der Waals surface area (Å²) in [7, 11) is 1.71. The van der Waals surface area contributed by atoms with Gasteiger partial charge in [-0.05, 0) is 24.1 Å². The van der Waals surface area contributed by atoms with Gasteiger partial charge >= 0.3 is 0 Å². The Kier molecular flexibility index (Phi) is 5.72. The van der Waals surface area contributed by atoms with E-state index >= 15 is 0 Å². The first-order chi connectivity index (χ1) is 8.40. The minimum Gasteiger partial charge on any atom is -0.345 e. The molecule has 1 aromatic rings. The SMILES string of the molecule is CC(Br)CCN(C)C(=O)Cc1ccc(F)c(F)c1. The Morgan fingerprint density at radius 3 is 2.61 bits per heavy atom. The number of alkyl halides is 1. The maximum absolute atomic E-state index is 13.0. The second kappa shape index (κ2) is 6.83. The second-order valence-corrected chi connectivity index (χ2v) is 5.87. The van der Waals surface area contributed by atoms with E-state index in [1.165, 1.54) is 6.07 Å². The minimum atomic E-state index is -0.919. The number of halogens is 3. The minimum absolute atomic E-state index is 0.0877. The normalized spacial score (nSPS) is 12.3. The molecule has 0 bridgehead atoms. The third-order valence-corrected chi connectivity index (χ3v) is 3.09. The molecule has 0 aliphatic heterocycles. The Hall–Kier alpha value is -0.970. The molecule has 0 aliphatic carbocycles. The summed E-state index contributed by atoms with van der Waals surface area (Å²) in [6.07, 6.45) is 0.935. The maximum atomic E-state index is 13.0. The zero-order valence-corrected chi connectivity index (χ0v) is 12.0. The number of hydrogen-bond donors (Lipinski definition) is 0. The number of likely N-dealkylation sites (N-methyl/N-ethyl adjacent to an activating group) is 1. The van der Waals surface area contributed by atoms with E-state index in [1.807, 2.05) is 6.92 Å². The van der Waals surface area contributed by atoms with Crippen molar-refractivity contribution in [2.75, 3.05) is 13.6 Å². The van der Waals surface area contributed by atoms with Gasteiger partial charge in [-0.3, -0.25) is 4.79 Å². The van der Waals surface area contributed by atoms with Gasteiger partial charge < -0.3 is 4.90 Å². The molecule has 0 fully saturated rings. The first-order valence-electron chi connectivity index (χ1n) is 5.72. The van der Waals surface area contributed by atoms with Crippen LogP contribution in [0.4, 0.5) is 8.78 Å². The summed E-state index contributed by atoms with van der Waals surface area (Å²) >= 11 is 3.41. The molecule has 1 rings (SSSR count). The molecule has 5 heteroatoms. The van der Waals surface area contributed by atoms with Gasteiger partial charge in [-0.25, -0.2) is 8.78 Å². The Labute approximate surface area is 114 Å². The van der Waals surface area contributed by atoms with Crippen molar-refractivity contribution in [1.82, 2.24) is 4.90 Å². The maximum Gasteiger partial charge on any atom is 0.226 e. The fourth-order valence-corrected chi connectivity index (χ4v) is 1.66. The molecule has 1 aromatic carbocycles. The van der Waals surface area contributed by atoms with Gasteiger partial charge in [-0.15, -0.1) is 0 Å². The van der Waals surface area contributed by atoms with Crippen molar-refractivity contribution in [1.29, 1.82) is 0 Å². The average Bonchev–Trinajstić information content (AvgIpc) is 2.30. The molecule has 0 spiro atoms. The van der Waals surface area contributed by atoms with E-state index in [-0.39, 0.29) is 12.3 Å². The summed E-state index contributed by atoms with van der Waals surface area (Å²) in [5.41, 5.74) is 0.484. The van der Waals surface area contributed by atoms with Crippen molar-refractivity contribution in [3.63, 3.8) is 0 Å². The van der Waals surface area contributed by atoms with Crippen molar-refractivity contribution in [2.24, 2.45) is 0 Å². The summed E-state index contributed by atoms with van der Waals surface area (Å²) < 4.78 is 25.7. The lowest BCUT2D eigenvalue weighted by Crippen LogP contribution is -2.30. The highest BCUT2D eigenvalue weighted by Gasteiger charge is 2.12. The van der Waals surface area contributed by atoms with Crippen LogP contribution in [-0.4, -0.2) is 29.2 Å². The van der Waals surface area contributed by atoms with Crippen molar-refractivity contribution in [2.45, 2.75) is 24.6 Å². The lowest BCUT2D eigenvalue weighted by molar-refractivity contribution is -0.129. The Bertz CT molecular complexity index is 423. The van der Waals surface area contributed by atoms with Gasteiger partial charge in [0.05, 0.1) is 6.42 Å². The van der Waals surface area contributed by atoms with Gasteiger partial charge in [0.2, 0.25) is 5.91 Å². The zero-order chi connectivity index (χ0) is 13.7.